The summed E-state index contributed by atoms with van der Waals surface area (Å²) < 4.78 is 8.32. The molecule has 0 saturated heterocycles. The molecule has 0 aliphatic heterocycles. The Bertz CT molecular complexity index is 606. The molecule has 0 radical (unpaired) electrons. The third-order valence-electron chi connectivity index (χ3n) is 2.15. The molecule has 0 N–H and O–H groups in total. The molecule has 2 heterocycles. The Labute approximate surface area is 113 Å². The maximum Gasteiger partial charge on any atom is 0.184 e. The van der Waals surface area contributed by atoms with E-state index in [0.717, 1.165) is 20.8 Å². The van der Waals surface area contributed by atoms with Crippen LogP contribution in [0.25, 0.3) is 21.0 Å². The van der Waals surface area contributed by atoms with Crippen LogP contribution in [-0.2, 0) is 0 Å². The molecule has 0 bridgehead atoms. The smallest absolute Gasteiger partial charge is 0.184 e. The Morgan fingerprint density at radius 2 is 2.00 bits per heavy atom. The summed E-state index contributed by atoms with van der Waals surface area (Å²) in [6, 6.07) is 9.98. The van der Waals surface area contributed by atoms with Crippen molar-refractivity contribution in [1.82, 2.24) is 4.98 Å². The lowest BCUT2D eigenvalue weighted by Gasteiger charge is -1.85. The molecule has 3 rings (SSSR count). The molecule has 0 unspecified atom stereocenters. The zero-order valence-corrected chi connectivity index (χ0v) is 11.9. The molecule has 0 fully saturated rings. The summed E-state index contributed by atoms with van der Waals surface area (Å²) in [6.07, 6.45) is 0. The number of nitrogens with zero attached hydrogens (tertiary/aromatic N) is 1. The SMILES string of the molecule is Brc1cc(-c2nc3ccccc3s2)oc1Br. The number of hydrogen-bond acceptors (Lipinski definition) is 3. The van der Waals surface area contributed by atoms with Crippen molar-refractivity contribution in [2.24, 2.45) is 0 Å². The van der Waals surface area contributed by atoms with Gasteiger partial charge in [0, 0.05) is 6.07 Å². The number of benzene rings is 1. The van der Waals surface area contributed by atoms with Crippen LogP contribution in [0.5, 0.6) is 0 Å². The number of para-hydroxylation sites is 1. The lowest BCUT2D eigenvalue weighted by molar-refractivity contribution is 0.553. The molecule has 0 aliphatic carbocycles. The zero-order chi connectivity index (χ0) is 11.1. The minimum absolute atomic E-state index is 0.696. The molecule has 2 aromatic heterocycles. The van der Waals surface area contributed by atoms with Gasteiger partial charge >= 0.3 is 0 Å². The van der Waals surface area contributed by atoms with E-state index in [1.807, 2.05) is 24.3 Å². The molecule has 0 atom stereocenters. The maximum atomic E-state index is 5.55. The Morgan fingerprint density at radius 3 is 2.69 bits per heavy atom. The summed E-state index contributed by atoms with van der Waals surface area (Å²) in [5, 5.41) is 0.896. The normalized spacial score (nSPS) is 11.1. The first-order chi connectivity index (χ1) is 7.74. The van der Waals surface area contributed by atoms with E-state index in [4.69, 9.17) is 4.42 Å². The first-order valence-electron chi connectivity index (χ1n) is 4.55. The average Bonchev–Trinajstić information content (AvgIpc) is 2.83. The molecule has 3 aromatic rings. The fourth-order valence-corrected chi connectivity index (χ4v) is 2.93. The van der Waals surface area contributed by atoms with Crippen LogP contribution in [0.4, 0.5) is 0 Å². The van der Waals surface area contributed by atoms with Gasteiger partial charge in [0.15, 0.2) is 15.4 Å². The van der Waals surface area contributed by atoms with Gasteiger partial charge in [0.1, 0.15) is 0 Å². The van der Waals surface area contributed by atoms with Gasteiger partial charge in [-0.3, -0.25) is 0 Å². The van der Waals surface area contributed by atoms with Crippen LogP contribution in [-0.4, -0.2) is 4.98 Å². The standard InChI is InChI=1S/C11H5Br2NOS/c12-6-5-8(15-10(6)13)11-14-7-3-1-2-4-9(7)16-11/h1-5H. The van der Waals surface area contributed by atoms with E-state index >= 15 is 0 Å². The Hall–Kier alpha value is -0.650. The minimum atomic E-state index is 0.696. The average molecular weight is 359 g/mol. The zero-order valence-electron chi connectivity index (χ0n) is 7.91. The number of rotatable bonds is 1. The molecule has 0 aliphatic rings. The van der Waals surface area contributed by atoms with Gasteiger partial charge in [0.25, 0.3) is 0 Å². The fourth-order valence-electron chi connectivity index (χ4n) is 1.43. The van der Waals surface area contributed by atoms with Gasteiger partial charge in [0.2, 0.25) is 0 Å². The van der Waals surface area contributed by atoms with Crippen LogP contribution >= 0.6 is 43.2 Å². The van der Waals surface area contributed by atoms with E-state index in [2.05, 4.69) is 42.9 Å². The van der Waals surface area contributed by atoms with Gasteiger partial charge in [-0.1, -0.05) is 12.1 Å². The fraction of sp³-hybridized carbons (Fsp3) is 0. The van der Waals surface area contributed by atoms with Gasteiger partial charge in [-0.2, -0.15) is 0 Å². The quantitative estimate of drug-likeness (QED) is 0.606. The first-order valence-corrected chi connectivity index (χ1v) is 6.95. The summed E-state index contributed by atoms with van der Waals surface area (Å²) in [7, 11) is 0. The largest absolute Gasteiger partial charge is 0.446 e. The lowest BCUT2D eigenvalue weighted by Crippen LogP contribution is -1.69. The van der Waals surface area contributed by atoms with Crippen LogP contribution in [0, 0.1) is 0 Å². The molecule has 0 amide bonds. The van der Waals surface area contributed by atoms with Crippen molar-refractivity contribution in [2.45, 2.75) is 0 Å². The van der Waals surface area contributed by atoms with Crippen LogP contribution < -0.4 is 0 Å². The van der Waals surface area contributed by atoms with E-state index in [1.54, 1.807) is 11.3 Å². The minimum Gasteiger partial charge on any atom is -0.446 e. The molecule has 5 heteroatoms. The Balaban J connectivity index is 2.18. The van der Waals surface area contributed by atoms with E-state index < -0.39 is 0 Å². The highest BCUT2D eigenvalue weighted by Crippen LogP contribution is 2.36. The molecule has 80 valence electrons. The molecule has 0 spiro atoms. The molecule has 16 heavy (non-hydrogen) atoms. The highest BCUT2D eigenvalue weighted by Gasteiger charge is 2.12. The number of fused-ring (bicyclic) bond motifs is 1. The van der Waals surface area contributed by atoms with Crippen molar-refractivity contribution in [3.8, 4) is 10.8 Å². The van der Waals surface area contributed by atoms with Gasteiger partial charge < -0.3 is 4.42 Å². The van der Waals surface area contributed by atoms with Crippen LogP contribution in [0.1, 0.15) is 0 Å². The van der Waals surface area contributed by atoms with Crippen molar-refractivity contribution >= 4 is 53.4 Å². The summed E-state index contributed by atoms with van der Waals surface area (Å²) in [5.74, 6) is 0.778. The van der Waals surface area contributed by atoms with Gasteiger partial charge in [-0.25, -0.2) is 4.98 Å². The second kappa shape index (κ2) is 3.98. The lowest BCUT2D eigenvalue weighted by atomic mass is 10.3. The predicted octanol–water partition coefficient (Wildman–Crippen LogP) is 5.08. The molecule has 0 saturated carbocycles. The van der Waals surface area contributed by atoms with Gasteiger partial charge in [0.05, 0.1) is 14.7 Å². The molecular formula is C11H5Br2NOS. The number of hydrogen-bond donors (Lipinski definition) is 0. The topological polar surface area (TPSA) is 26.0 Å². The number of furan rings is 1. The van der Waals surface area contributed by atoms with Crippen molar-refractivity contribution in [3.05, 3.63) is 39.5 Å². The van der Waals surface area contributed by atoms with Crippen LogP contribution in [0.2, 0.25) is 0 Å². The van der Waals surface area contributed by atoms with Gasteiger partial charge in [-0.15, -0.1) is 11.3 Å². The van der Waals surface area contributed by atoms with Crippen molar-refractivity contribution in [2.75, 3.05) is 0 Å². The number of aromatic nitrogens is 1. The number of thiazole rings is 1. The second-order valence-electron chi connectivity index (χ2n) is 3.22. The summed E-state index contributed by atoms with van der Waals surface area (Å²) in [4.78, 5) is 4.52. The van der Waals surface area contributed by atoms with Crippen molar-refractivity contribution in [1.29, 1.82) is 0 Å². The predicted molar refractivity (Wildman–Crippen MR) is 72.7 cm³/mol. The third kappa shape index (κ3) is 1.73. The second-order valence-corrected chi connectivity index (χ2v) is 5.82. The van der Waals surface area contributed by atoms with E-state index in [-0.39, 0.29) is 0 Å². The van der Waals surface area contributed by atoms with E-state index in [1.165, 1.54) is 4.70 Å². The Morgan fingerprint density at radius 1 is 1.19 bits per heavy atom. The van der Waals surface area contributed by atoms with E-state index in [9.17, 15) is 0 Å². The molecule has 1 aromatic carbocycles. The monoisotopic (exact) mass is 357 g/mol. The summed E-state index contributed by atoms with van der Waals surface area (Å²) in [5.41, 5.74) is 1.01. The summed E-state index contributed by atoms with van der Waals surface area (Å²) >= 11 is 8.34. The van der Waals surface area contributed by atoms with Crippen molar-refractivity contribution < 1.29 is 4.42 Å². The highest BCUT2D eigenvalue weighted by atomic mass is 79.9. The molecular weight excluding hydrogens is 354 g/mol. The van der Waals surface area contributed by atoms with Crippen LogP contribution in [0.15, 0.2) is 43.9 Å². The van der Waals surface area contributed by atoms with Crippen LogP contribution in [0.3, 0.4) is 0 Å². The van der Waals surface area contributed by atoms with Gasteiger partial charge in [-0.05, 0) is 44.0 Å². The summed E-state index contributed by atoms with van der Waals surface area (Å²) in [6.45, 7) is 0. The molecule has 2 nitrogen and oxygen atoms in total. The Kier molecular flexibility index (Phi) is 2.61. The number of halogens is 2. The highest BCUT2D eigenvalue weighted by molar-refractivity contribution is 9.13. The van der Waals surface area contributed by atoms with Crippen molar-refractivity contribution in [3.63, 3.8) is 0 Å². The van der Waals surface area contributed by atoms with E-state index in [0.29, 0.717) is 4.67 Å². The first kappa shape index (κ1) is 10.5. The maximum absolute atomic E-state index is 5.55. The third-order valence-corrected chi connectivity index (χ3v) is 4.91.